The molecule has 0 bridgehead atoms. The summed E-state index contributed by atoms with van der Waals surface area (Å²) in [4.78, 5) is 0. The van der Waals surface area contributed by atoms with Crippen LogP contribution in [0.4, 0.5) is 10.1 Å². The summed E-state index contributed by atoms with van der Waals surface area (Å²) in [5.41, 5.74) is 9.03. The van der Waals surface area contributed by atoms with Crippen LogP contribution in [0.5, 0.6) is 0 Å². The molecule has 0 aliphatic rings. The van der Waals surface area contributed by atoms with Crippen molar-refractivity contribution < 1.29 is 4.39 Å². The van der Waals surface area contributed by atoms with Gasteiger partial charge in [-0.25, -0.2) is 4.39 Å². The van der Waals surface area contributed by atoms with Crippen LogP contribution >= 0.6 is 0 Å². The second-order valence-corrected chi connectivity index (χ2v) is 3.48. The first-order chi connectivity index (χ1) is 7.16. The van der Waals surface area contributed by atoms with Crippen LogP contribution < -0.4 is 5.73 Å². The normalized spacial score (nSPS) is 10.3. The minimum atomic E-state index is -0.280. The molecule has 2 aromatic rings. The number of halogens is 1. The van der Waals surface area contributed by atoms with Crippen molar-refractivity contribution in [1.29, 1.82) is 0 Å². The number of nitrogen functional groups attached to an aromatic ring is 1. The topological polar surface area (TPSA) is 26.0 Å². The number of aryl methyl sites for hydroxylation is 1. The number of nitrogens with two attached hydrogens (primary N) is 1. The van der Waals surface area contributed by atoms with Gasteiger partial charge < -0.3 is 5.73 Å². The summed E-state index contributed by atoms with van der Waals surface area (Å²) in [5, 5.41) is 0. The van der Waals surface area contributed by atoms with E-state index in [0.29, 0.717) is 5.69 Å². The molecule has 75 valence electrons. The first-order valence-electron chi connectivity index (χ1n) is 4.70. The number of anilines is 1. The van der Waals surface area contributed by atoms with E-state index in [9.17, 15) is 4.39 Å². The van der Waals surface area contributed by atoms with Gasteiger partial charge >= 0.3 is 0 Å². The Morgan fingerprint density at radius 1 is 1.27 bits per heavy atom. The Hall–Kier alpha value is -1.83. The first kappa shape index (κ1) is 9.71. The molecule has 1 radical (unpaired) electrons. The summed E-state index contributed by atoms with van der Waals surface area (Å²) in [6, 6.07) is 13.1. The molecule has 0 heterocycles. The van der Waals surface area contributed by atoms with E-state index in [0.717, 1.165) is 16.7 Å². The fourth-order valence-corrected chi connectivity index (χ4v) is 1.55. The van der Waals surface area contributed by atoms with Gasteiger partial charge in [0.05, 0.1) is 0 Å². The van der Waals surface area contributed by atoms with E-state index in [1.807, 2.05) is 31.2 Å². The van der Waals surface area contributed by atoms with E-state index in [2.05, 4.69) is 6.07 Å². The van der Waals surface area contributed by atoms with Crippen LogP contribution in [0.3, 0.4) is 0 Å². The molecule has 0 fully saturated rings. The predicted octanol–water partition coefficient (Wildman–Crippen LogP) is 3.18. The molecule has 0 aliphatic carbocycles. The van der Waals surface area contributed by atoms with Gasteiger partial charge in [0.25, 0.3) is 0 Å². The number of hydrogen-bond donors (Lipinski definition) is 1. The molecule has 0 saturated heterocycles. The molecule has 0 spiro atoms. The van der Waals surface area contributed by atoms with Gasteiger partial charge in [0, 0.05) is 5.69 Å². The van der Waals surface area contributed by atoms with Crippen LogP contribution in [0, 0.1) is 18.8 Å². The van der Waals surface area contributed by atoms with Gasteiger partial charge in [0.2, 0.25) is 0 Å². The average molecular weight is 200 g/mol. The van der Waals surface area contributed by atoms with Gasteiger partial charge in [-0.1, -0.05) is 12.1 Å². The highest BCUT2D eigenvalue weighted by atomic mass is 19.1. The van der Waals surface area contributed by atoms with E-state index >= 15 is 0 Å². The monoisotopic (exact) mass is 200 g/mol. The van der Waals surface area contributed by atoms with Crippen molar-refractivity contribution >= 4 is 5.69 Å². The van der Waals surface area contributed by atoms with Crippen molar-refractivity contribution in [2.75, 3.05) is 5.73 Å². The lowest BCUT2D eigenvalue weighted by Crippen LogP contribution is -1.88. The molecule has 1 nitrogen and oxygen atoms in total. The summed E-state index contributed by atoms with van der Waals surface area (Å²) in [5.74, 6) is -0.280. The third-order valence-corrected chi connectivity index (χ3v) is 2.31. The minimum absolute atomic E-state index is 0.280. The Labute approximate surface area is 88.4 Å². The summed E-state index contributed by atoms with van der Waals surface area (Å²) in [6.07, 6.45) is 0. The number of hydrogen-bond acceptors (Lipinski definition) is 1. The molecule has 2 N–H and O–H groups in total. The Morgan fingerprint density at radius 3 is 2.80 bits per heavy atom. The Morgan fingerprint density at radius 2 is 2.07 bits per heavy atom. The molecular formula is C13H11FN. The lowest BCUT2D eigenvalue weighted by atomic mass is 10.0. The largest absolute Gasteiger partial charge is 0.399 e. The lowest BCUT2D eigenvalue weighted by Gasteiger charge is -2.06. The van der Waals surface area contributed by atoms with Crippen molar-refractivity contribution in [3.63, 3.8) is 0 Å². The van der Waals surface area contributed by atoms with Crippen LogP contribution in [0.25, 0.3) is 11.1 Å². The molecule has 2 heteroatoms. The zero-order chi connectivity index (χ0) is 10.8. The summed E-state index contributed by atoms with van der Waals surface area (Å²) in [6.45, 7) is 1.90. The molecule has 0 amide bonds. The molecule has 2 aromatic carbocycles. The molecule has 0 aliphatic heterocycles. The second kappa shape index (κ2) is 3.73. The summed E-state index contributed by atoms with van der Waals surface area (Å²) in [7, 11) is 0. The van der Waals surface area contributed by atoms with Crippen molar-refractivity contribution in [2.45, 2.75) is 6.92 Å². The van der Waals surface area contributed by atoms with E-state index in [1.165, 1.54) is 12.1 Å². The van der Waals surface area contributed by atoms with E-state index in [4.69, 9.17) is 5.73 Å². The van der Waals surface area contributed by atoms with Gasteiger partial charge in [-0.15, -0.1) is 0 Å². The second-order valence-electron chi connectivity index (χ2n) is 3.48. The van der Waals surface area contributed by atoms with E-state index in [-0.39, 0.29) is 5.82 Å². The van der Waals surface area contributed by atoms with Crippen molar-refractivity contribution in [3.8, 4) is 11.1 Å². The van der Waals surface area contributed by atoms with Gasteiger partial charge in [0.15, 0.2) is 0 Å². The van der Waals surface area contributed by atoms with Crippen LogP contribution in [0.2, 0.25) is 0 Å². The fraction of sp³-hybridized carbons (Fsp3) is 0.0769. The third kappa shape index (κ3) is 1.99. The fourth-order valence-electron chi connectivity index (χ4n) is 1.55. The maximum atomic E-state index is 13.1. The molecule has 15 heavy (non-hydrogen) atoms. The average Bonchev–Trinajstić information content (AvgIpc) is 2.22. The van der Waals surface area contributed by atoms with E-state index in [1.54, 1.807) is 0 Å². The van der Waals surface area contributed by atoms with Gasteiger partial charge in [-0.05, 0) is 53.9 Å². The highest BCUT2D eigenvalue weighted by Crippen LogP contribution is 2.25. The maximum Gasteiger partial charge on any atom is 0.124 e. The van der Waals surface area contributed by atoms with Crippen molar-refractivity contribution in [2.24, 2.45) is 0 Å². The maximum absolute atomic E-state index is 13.1. The van der Waals surface area contributed by atoms with Crippen molar-refractivity contribution in [1.82, 2.24) is 0 Å². The lowest BCUT2D eigenvalue weighted by molar-refractivity contribution is 0.627. The van der Waals surface area contributed by atoms with Crippen molar-refractivity contribution in [3.05, 3.63) is 53.8 Å². The van der Waals surface area contributed by atoms with Crippen LogP contribution in [-0.2, 0) is 0 Å². The highest BCUT2D eigenvalue weighted by molar-refractivity contribution is 5.70. The number of benzene rings is 2. The van der Waals surface area contributed by atoms with Crippen LogP contribution in [0.15, 0.2) is 36.4 Å². The third-order valence-electron chi connectivity index (χ3n) is 2.31. The molecule has 0 saturated carbocycles. The molecule has 0 aromatic heterocycles. The molecule has 0 atom stereocenters. The summed E-state index contributed by atoms with van der Waals surface area (Å²) >= 11 is 0. The van der Waals surface area contributed by atoms with Gasteiger partial charge in [-0.2, -0.15) is 0 Å². The minimum Gasteiger partial charge on any atom is -0.399 e. The highest BCUT2D eigenvalue weighted by Gasteiger charge is 2.03. The smallest absolute Gasteiger partial charge is 0.124 e. The summed E-state index contributed by atoms with van der Waals surface area (Å²) < 4.78 is 13.1. The zero-order valence-corrected chi connectivity index (χ0v) is 8.42. The molecular weight excluding hydrogens is 189 g/mol. The standard InChI is InChI=1S/C13H11FN/c1-9-5-6-11(14)8-13(9)10-3-2-4-12(15)7-10/h2-4,6-8H,15H2,1H3. The Balaban J connectivity index is 2.58. The van der Waals surface area contributed by atoms with E-state index < -0.39 is 0 Å². The molecule has 0 unspecified atom stereocenters. The quantitative estimate of drug-likeness (QED) is 0.703. The predicted molar refractivity (Wildman–Crippen MR) is 59.8 cm³/mol. The zero-order valence-electron chi connectivity index (χ0n) is 8.42. The van der Waals surface area contributed by atoms with Gasteiger partial charge in [0.1, 0.15) is 5.82 Å². The number of rotatable bonds is 1. The van der Waals surface area contributed by atoms with Gasteiger partial charge in [-0.3, -0.25) is 0 Å². The molecule has 2 rings (SSSR count). The Bertz CT molecular complexity index is 492. The van der Waals surface area contributed by atoms with Crippen LogP contribution in [-0.4, -0.2) is 0 Å². The Kier molecular flexibility index (Phi) is 2.42. The SMILES string of the molecule is Cc1[c]cc(F)cc1-c1cccc(N)c1. The van der Waals surface area contributed by atoms with Crippen LogP contribution in [0.1, 0.15) is 5.56 Å². The first-order valence-corrected chi connectivity index (χ1v) is 4.70.